The van der Waals surface area contributed by atoms with Crippen LogP contribution >= 0.6 is 0 Å². The van der Waals surface area contributed by atoms with Crippen LogP contribution in [0.1, 0.15) is 40.0 Å². The normalized spacial score (nSPS) is 24.0. The lowest BCUT2D eigenvalue weighted by molar-refractivity contribution is 0.0982. The van der Waals surface area contributed by atoms with E-state index < -0.39 is 0 Å². The van der Waals surface area contributed by atoms with Crippen molar-refractivity contribution in [2.24, 2.45) is 5.41 Å². The third-order valence-electron chi connectivity index (χ3n) is 1.69. The third kappa shape index (κ3) is 2.35. The van der Waals surface area contributed by atoms with Gasteiger partial charge >= 0.3 is 0 Å². The van der Waals surface area contributed by atoms with Crippen molar-refractivity contribution >= 4 is 0 Å². The van der Waals surface area contributed by atoms with Gasteiger partial charge in [-0.1, -0.05) is 20.8 Å². The number of hydrogen-bond acceptors (Lipinski definition) is 1. The van der Waals surface area contributed by atoms with Crippen LogP contribution in [0, 0.1) is 5.41 Å². The summed E-state index contributed by atoms with van der Waals surface area (Å²) in [6.07, 6.45) is 2.99. The Balaban J connectivity index is 2.33. The summed E-state index contributed by atoms with van der Waals surface area (Å²) in [5.74, 6) is 0. The minimum Gasteiger partial charge on any atom is -0.390 e. The van der Waals surface area contributed by atoms with E-state index in [2.05, 4.69) is 20.8 Å². The number of rotatable bonds is 1. The standard InChI is InChI=1S/C8H16O/c1-7(2,3)6-8(9)4-5-8/h9H,4-6H2,1-3H3. The zero-order valence-corrected chi connectivity index (χ0v) is 6.57. The van der Waals surface area contributed by atoms with Crippen LogP contribution in [0.3, 0.4) is 0 Å². The van der Waals surface area contributed by atoms with Gasteiger partial charge in [-0.15, -0.1) is 0 Å². The smallest absolute Gasteiger partial charge is 0.0655 e. The van der Waals surface area contributed by atoms with Gasteiger partial charge in [0.2, 0.25) is 0 Å². The summed E-state index contributed by atoms with van der Waals surface area (Å²) >= 11 is 0. The van der Waals surface area contributed by atoms with Gasteiger partial charge in [-0.05, 0) is 24.7 Å². The highest BCUT2D eigenvalue weighted by molar-refractivity contribution is 4.95. The van der Waals surface area contributed by atoms with E-state index in [0.29, 0.717) is 5.41 Å². The molecule has 0 atom stereocenters. The zero-order valence-electron chi connectivity index (χ0n) is 6.57. The molecule has 0 aliphatic heterocycles. The number of hydrogen-bond donors (Lipinski definition) is 1. The zero-order chi connectivity index (χ0) is 7.12. The lowest BCUT2D eigenvalue weighted by Gasteiger charge is -2.21. The van der Waals surface area contributed by atoms with Crippen molar-refractivity contribution in [2.75, 3.05) is 0 Å². The van der Waals surface area contributed by atoms with Crippen LogP contribution in [0.5, 0.6) is 0 Å². The quantitative estimate of drug-likeness (QED) is 0.572. The average Bonchev–Trinajstić information content (AvgIpc) is 2.12. The lowest BCUT2D eigenvalue weighted by atomic mass is 9.88. The monoisotopic (exact) mass is 128 g/mol. The molecule has 0 heterocycles. The van der Waals surface area contributed by atoms with Gasteiger partial charge in [0.1, 0.15) is 0 Å². The fourth-order valence-corrected chi connectivity index (χ4v) is 1.31. The van der Waals surface area contributed by atoms with E-state index >= 15 is 0 Å². The van der Waals surface area contributed by atoms with Crippen molar-refractivity contribution < 1.29 is 5.11 Å². The van der Waals surface area contributed by atoms with E-state index in [9.17, 15) is 5.11 Å². The topological polar surface area (TPSA) is 20.2 Å². The average molecular weight is 128 g/mol. The van der Waals surface area contributed by atoms with Crippen LogP contribution in [0.2, 0.25) is 0 Å². The minimum atomic E-state index is -0.266. The molecule has 1 aliphatic carbocycles. The Bertz CT molecular complexity index is 103. The van der Waals surface area contributed by atoms with Crippen molar-refractivity contribution in [3.63, 3.8) is 0 Å². The van der Waals surface area contributed by atoms with E-state index in [1.54, 1.807) is 0 Å². The molecule has 0 bridgehead atoms. The van der Waals surface area contributed by atoms with Gasteiger partial charge in [-0.25, -0.2) is 0 Å². The van der Waals surface area contributed by atoms with E-state index in [0.717, 1.165) is 19.3 Å². The van der Waals surface area contributed by atoms with Gasteiger partial charge in [-0.3, -0.25) is 0 Å². The predicted molar refractivity (Wildman–Crippen MR) is 38.3 cm³/mol. The highest BCUT2D eigenvalue weighted by Gasteiger charge is 2.42. The maximum absolute atomic E-state index is 9.46. The maximum atomic E-state index is 9.46. The first-order valence-corrected chi connectivity index (χ1v) is 3.64. The molecule has 1 heteroatoms. The molecule has 0 saturated heterocycles. The minimum absolute atomic E-state index is 0.266. The third-order valence-corrected chi connectivity index (χ3v) is 1.69. The van der Waals surface area contributed by atoms with Gasteiger partial charge in [-0.2, -0.15) is 0 Å². The molecule has 1 nitrogen and oxygen atoms in total. The molecule has 1 fully saturated rings. The Labute approximate surface area is 57.1 Å². The highest BCUT2D eigenvalue weighted by atomic mass is 16.3. The van der Waals surface area contributed by atoms with Gasteiger partial charge in [0, 0.05) is 0 Å². The summed E-state index contributed by atoms with van der Waals surface area (Å²) in [6, 6.07) is 0. The Kier molecular flexibility index (Phi) is 1.35. The second-order valence-corrected chi connectivity index (χ2v) is 4.46. The van der Waals surface area contributed by atoms with Crippen molar-refractivity contribution in [3.05, 3.63) is 0 Å². The molecule has 0 amide bonds. The summed E-state index contributed by atoms with van der Waals surface area (Å²) in [6.45, 7) is 6.51. The highest BCUT2D eigenvalue weighted by Crippen LogP contribution is 2.44. The fraction of sp³-hybridized carbons (Fsp3) is 1.00. The van der Waals surface area contributed by atoms with E-state index in [4.69, 9.17) is 0 Å². The summed E-state index contributed by atoms with van der Waals surface area (Å²) in [5.41, 5.74) is 0.0312. The lowest BCUT2D eigenvalue weighted by Crippen LogP contribution is -2.18. The van der Waals surface area contributed by atoms with E-state index in [1.807, 2.05) is 0 Å². The van der Waals surface area contributed by atoms with Crippen LogP contribution in [0.4, 0.5) is 0 Å². The Morgan fingerprint density at radius 1 is 1.33 bits per heavy atom. The van der Waals surface area contributed by atoms with Crippen LogP contribution in [0.25, 0.3) is 0 Å². The van der Waals surface area contributed by atoms with E-state index in [-0.39, 0.29) is 5.60 Å². The molecular formula is C8H16O. The van der Waals surface area contributed by atoms with Crippen LogP contribution in [0.15, 0.2) is 0 Å². The fourth-order valence-electron chi connectivity index (χ4n) is 1.31. The van der Waals surface area contributed by atoms with Crippen LogP contribution in [-0.2, 0) is 0 Å². The molecule has 0 unspecified atom stereocenters. The summed E-state index contributed by atoms with van der Waals surface area (Å²) < 4.78 is 0. The van der Waals surface area contributed by atoms with Crippen LogP contribution < -0.4 is 0 Å². The molecule has 54 valence electrons. The second kappa shape index (κ2) is 1.72. The Morgan fingerprint density at radius 3 is 1.89 bits per heavy atom. The van der Waals surface area contributed by atoms with Crippen molar-refractivity contribution in [3.8, 4) is 0 Å². The molecule has 9 heavy (non-hydrogen) atoms. The van der Waals surface area contributed by atoms with Gasteiger partial charge in [0.15, 0.2) is 0 Å². The van der Waals surface area contributed by atoms with Crippen LogP contribution in [-0.4, -0.2) is 10.7 Å². The second-order valence-electron chi connectivity index (χ2n) is 4.46. The SMILES string of the molecule is CC(C)(C)CC1(O)CC1. The summed E-state index contributed by atoms with van der Waals surface area (Å²) in [4.78, 5) is 0. The molecule has 0 aromatic rings. The largest absolute Gasteiger partial charge is 0.390 e. The molecule has 1 rings (SSSR count). The molecule has 0 radical (unpaired) electrons. The van der Waals surface area contributed by atoms with Crippen molar-refractivity contribution in [1.29, 1.82) is 0 Å². The van der Waals surface area contributed by atoms with Gasteiger partial charge in [0.25, 0.3) is 0 Å². The van der Waals surface area contributed by atoms with Gasteiger partial charge < -0.3 is 5.11 Å². The van der Waals surface area contributed by atoms with Crippen molar-refractivity contribution in [2.45, 2.75) is 45.6 Å². The molecule has 1 N–H and O–H groups in total. The Hall–Kier alpha value is -0.0400. The molecular weight excluding hydrogens is 112 g/mol. The summed E-state index contributed by atoms with van der Waals surface area (Å²) in [7, 11) is 0. The maximum Gasteiger partial charge on any atom is 0.0655 e. The van der Waals surface area contributed by atoms with E-state index in [1.165, 1.54) is 0 Å². The first kappa shape index (κ1) is 7.07. The molecule has 1 saturated carbocycles. The predicted octanol–water partition coefficient (Wildman–Crippen LogP) is 1.95. The first-order valence-electron chi connectivity index (χ1n) is 3.64. The molecule has 0 aromatic carbocycles. The van der Waals surface area contributed by atoms with Gasteiger partial charge in [0.05, 0.1) is 5.60 Å². The summed E-state index contributed by atoms with van der Waals surface area (Å²) in [5, 5.41) is 9.46. The molecule has 1 aliphatic rings. The van der Waals surface area contributed by atoms with Crippen molar-refractivity contribution in [1.82, 2.24) is 0 Å². The first-order chi connectivity index (χ1) is 3.91. The molecule has 0 spiro atoms. The Morgan fingerprint density at radius 2 is 1.78 bits per heavy atom. The number of aliphatic hydroxyl groups is 1. The molecule has 0 aromatic heterocycles.